The molecule has 2 aromatic carbocycles. The molecule has 3 heterocycles. The highest BCUT2D eigenvalue weighted by Gasteiger charge is 2.32. The third kappa shape index (κ3) is 3.62. The number of amidine groups is 1. The lowest BCUT2D eigenvalue weighted by atomic mass is 10.1. The summed E-state index contributed by atoms with van der Waals surface area (Å²) in [6.07, 6.45) is 3.02. The van der Waals surface area contributed by atoms with Crippen LogP contribution in [0.1, 0.15) is 11.1 Å². The molecular weight excluding hydrogens is 438 g/mol. The zero-order valence-electron chi connectivity index (χ0n) is 16.3. The monoisotopic (exact) mass is 455 g/mol. The minimum absolute atomic E-state index is 0.210. The molecule has 0 bridgehead atoms. The average molecular weight is 456 g/mol. The Morgan fingerprint density at radius 2 is 2.06 bits per heavy atom. The van der Waals surface area contributed by atoms with Crippen molar-refractivity contribution in [3.05, 3.63) is 58.0 Å². The van der Waals surface area contributed by atoms with Crippen molar-refractivity contribution in [2.45, 2.75) is 0 Å². The van der Waals surface area contributed by atoms with Crippen molar-refractivity contribution in [2.24, 2.45) is 4.99 Å². The van der Waals surface area contributed by atoms with Crippen LogP contribution in [0.5, 0.6) is 17.2 Å². The number of aromatic hydroxyl groups is 2. The zero-order valence-corrected chi connectivity index (χ0v) is 17.9. The molecule has 2 aromatic rings. The highest BCUT2D eigenvalue weighted by atomic mass is 35.5. The Kier molecular flexibility index (Phi) is 5.03. The smallest absolute Gasteiger partial charge is 0.251 e. The molecular formula is C22H18ClN3O4S. The highest BCUT2D eigenvalue weighted by molar-refractivity contribution is 8.16. The van der Waals surface area contributed by atoms with E-state index in [0.29, 0.717) is 35.2 Å². The Morgan fingerprint density at radius 3 is 2.90 bits per heavy atom. The van der Waals surface area contributed by atoms with Crippen molar-refractivity contribution in [2.75, 3.05) is 31.1 Å². The number of carbonyl (C=O) groups is 1. The molecule has 9 heteroatoms. The molecule has 5 rings (SSSR count). The van der Waals surface area contributed by atoms with Gasteiger partial charge in [0.2, 0.25) is 0 Å². The molecule has 0 spiro atoms. The Labute approximate surface area is 187 Å². The fourth-order valence-corrected chi connectivity index (χ4v) is 4.91. The number of rotatable bonds is 3. The molecule has 0 aliphatic carbocycles. The molecule has 0 aromatic heterocycles. The van der Waals surface area contributed by atoms with Crippen molar-refractivity contribution >= 4 is 51.9 Å². The summed E-state index contributed by atoms with van der Waals surface area (Å²) in [6.45, 7) is 2.31. The Bertz CT molecular complexity index is 1180. The molecule has 0 saturated heterocycles. The molecule has 0 fully saturated rings. The molecule has 31 heavy (non-hydrogen) atoms. The lowest BCUT2D eigenvalue weighted by Crippen LogP contribution is -2.37. The quantitative estimate of drug-likeness (QED) is 0.539. The second-order valence-corrected chi connectivity index (χ2v) is 8.43. The first-order chi connectivity index (χ1) is 15.0. The first kappa shape index (κ1) is 19.8. The largest absolute Gasteiger partial charge is 0.504 e. The Morgan fingerprint density at radius 1 is 1.19 bits per heavy atom. The molecule has 3 aliphatic rings. The van der Waals surface area contributed by atoms with E-state index in [4.69, 9.17) is 16.3 Å². The summed E-state index contributed by atoms with van der Waals surface area (Å²) in [5.41, 5.74) is 3.03. The molecule has 2 N–H and O–H groups in total. The van der Waals surface area contributed by atoms with E-state index in [0.717, 1.165) is 29.5 Å². The fraction of sp³-hybridized carbons (Fsp3) is 0.182. The van der Waals surface area contributed by atoms with E-state index in [9.17, 15) is 15.0 Å². The highest BCUT2D eigenvalue weighted by Crippen LogP contribution is 2.45. The lowest BCUT2D eigenvalue weighted by molar-refractivity contribution is -0.114. The SMILES string of the molecule is O=C(C=Cc1ccc(O)c(O)c1)N1CCOc2c(C3=CSC4=NCCN34)cc(Cl)cc21. The van der Waals surface area contributed by atoms with Crippen LogP contribution in [0, 0.1) is 0 Å². The van der Waals surface area contributed by atoms with Gasteiger partial charge in [0.05, 0.1) is 24.5 Å². The van der Waals surface area contributed by atoms with Gasteiger partial charge in [0.15, 0.2) is 22.4 Å². The number of benzene rings is 2. The van der Waals surface area contributed by atoms with Gasteiger partial charge < -0.3 is 24.7 Å². The first-order valence-corrected chi connectivity index (χ1v) is 10.9. The molecule has 0 radical (unpaired) electrons. The van der Waals surface area contributed by atoms with Crippen LogP contribution < -0.4 is 9.64 Å². The summed E-state index contributed by atoms with van der Waals surface area (Å²) in [6, 6.07) is 7.97. The number of hydrogen-bond donors (Lipinski definition) is 2. The molecule has 158 valence electrons. The summed E-state index contributed by atoms with van der Waals surface area (Å²) >= 11 is 8.01. The normalized spacial score (nSPS) is 17.3. The van der Waals surface area contributed by atoms with Crippen LogP contribution in [0.4, 0.5) is 5.69 Å². The Balaban J connectivity index is 1.46. The minimum atomic E-state index is -0.240. The maximum atomic E-state index is 13.0. The fourth-order valence-electron chi connectivity index (χ4n) is 3.74. The van der Waals surface area contributed by atoms with Crippen LogP contribution in [0.2, 0.25) is 5.02 Å². The van der Waals surface area contributed by atoms with Gasteiger partial charge in [-0.15, -0.1) is 0 Å². The van der Waals surface area contributed by atoms with Gasteiger partial charge in [-0.25, -0.2) is 0 Å². The maximum absolute atomic E-state index is 13.0. The average Bonchev–Trinajstić information content (AvgIpc) is 3.37. The number of amides is 1. The number of anilines is 1. The molecule has 7 nitrogen and oxygen atoms in total. The van der Waals surface area contributed by atoms with Gasteiger partial charge in [-0.2, -0.15) is 0 Å². The molecule has 0 unspecified atom stereocenters. The predicted molar refractivity (Wildman–Crippen MR) is 123 cm³/mol. The standard InChI is InChI=1S/C22H18ClN3O4S/c23-14-10-15(17-12-31-22-24-5-6-26(17)22)21-16(11-14)25(7-8-30-21)20(29)4-2-13-1-3-18(27)19(28)9-13/h1-4,9-12,27-28H,5-8H2. The van der Waals surface area contributed by atoms with Crippen molar-refractivity contribution < 1.29 is 19.7 Å². The van der Waals surface area contributed by atoms with E-state index in [1.54, 1.807) is 34.9 Å². The van der Waals surface area contributed by atoms with Gasteiger partial charge in [-0.1, -0.05) is 29.4 Å². The topological polar surface area (TPSA) is 85.6 Å². The van der Waals surface area contributed by atoms with Gasteiger partial charge in [-0.3, -0.25) is 9.79 Å². The van der Waals surface area contributed by atoms with Crippen LogP contribution >= 0.6 is 23.4 Å². The number of halogens is 1. The summed E-state index contributed by atoms with van der Waals surface area (Å²) < 4.78 is 5.99. The number of ether oxygens (including phenoxy) is 1. The number of phenols is 2. The van der Waals surface area contributed by atoms with Crippen LogP contribution in [-0.2, 0) is 4.79 Å². The van der Waals surface area contributed by atoms with E-state index < -0.39 is 0 Å². The molecule has 1 amide bonds. The van der Waals surface area contributed by atoms with Gasteiger partial charge in [-0.05, 0) is 35.9 Å². The van der Waals surface area contributed by atoms with Crippen LogP contribution in [0.15, 0.2) is 46.8 Å². The summed E-state index contributed by atoms with van der Waals surface area (Å²) in [7, 11) is 0. The summed E-state index contributed by atoms with van der Waals surface area (Å²) in [4.78, 5) is 21.2. The summed E-state index contributed by atoms with van der Waals surface area (Å²) in [5.74, 6) is -0.0585. The third-order valence-electron chi connectivity index (χ3n) is 5.21. The minimum Gasteiger partial charge on any atom is -0.504 e. The number of phenolic OH excluding ortho intramolecular Hbond substituents is 2. The summed E-state index contributed by atoms with van der Waals surface area (Å²) in [5, 5.41) is 22.6. The van der Waals surface area contributed by atoms with Crippen molar-refractivity contribution in [3.63, 3.8) is 0 Å². The number of aliphatic imine (C=N–C) groups is 1. The van der Waals surface area contributed by atoms with Crippen LogP contribution in [0.3, 0.4) is 0 Å². The van der Waals surface area contributed by atoms with Crippen LogP contribution in [0.25, 0.3) is 11.8 Å². The number of hydrogen-bond acceptors (Lipinski definition) is 7. The van der Waals surface area contributed by atoms with Crippen molar-refractivity contribution in [1.29, 1.82) is 0 Å². The lowest BCUT2D eigenvalue weighted by Gasteiger charge is -2.31. The second kappa shape index (κ2) is 7.86. The third-order valence-corrected chi connectivity index (χ3v) is 6.33. The van der Waals surface area contributed by atoms with E-state index >= 15 is 0 Å². The predicted octanol–water partition coefficient (Wildman–Crippen LogP) is 3.91. The van der Waals surface area contributed by atoms with E-state index in [1.807, 2.05) is 11.5 Å². The molecule has 3 aliphatic heterocycles. The van der Waals surface area contributed by atoms with Crippen molar-refractivity contribution in [1.82, 2.24) is 4.90 Å². The molecule has 0 saturated carbocycles. The van der Waals surface area contributed by atoms with Gasteiger partial charge >= 0.3 is 0 Å². The van der Waals surface area contributed by atoms with E-state index in [2.05, 4.69) is 9.89 Å². The number of nitrogens with zero attached hydrogens (tertiary/aromatic N) is 3. The first-order valence-electron chi connectivity index (χ1n) is 9.68. The number of fused-ring (bicyclic) bond motifs is 2. The van der Waals surface area contributed by atoms with Crippen LogP contribution in [-0.4, -0.2) is 52.4 Å². The maximum Gasteiger partial charge on any atom is 0.251 e. The van der Waals surface area contributed by atoms with Crippen molar-refractivity contribution in [3.8, 4) is 17.2 Å². The number of thioether (sulfide) groups is 1. The number of carbonyl (C=O) groups excluding carboxylic acids is 1. The van der Waals surface area contributed by atoms with Gasteiger partial charge in [0.25, 0.3) is 5.91 Å². The molecule has 0 atom stereocenters. The van der Waals surface area contributed by atoms with Gasteiger partial charge in [0.1, 0.15) is 6.61 Å². The second-order valence-electron chi connectivity index (χ2n) is 7.16. The van der Waals surface area contributed by atoms with E-state index in [-0.39, 0.29) is 17.4 Å². The van der Waals surface area contributed by atoms with E-state index in [1.165, 1.54) is 18.2 Å². The van der Waals surface area contributed by atoms with Gasteiger partial charge in [0, 0.05) is 28.6 Å². The Hall–Kier alpha value is -3.10. The zero-order chi connectivity index (χ0) is 21.5.